The van der Waals surface area contributed by atoms with Crippen molar-refractivity contribution in [2.24, 2.45) is 0 Å². The number of aliphatic hydroxyl groups is 2. The van der Waals surface area contributed by atoms with Gasteiger partial charge in [0.1, 0.15) is 6.10 Å². The Morgan fingerprint density at radius 2 is 1.00 bits per heavy atom. The van der Waals surface area contributed by atoms with Crippen molar-refractivity contribution in [1.82, 2.24) is 5.32 Å². The molecule has 0 heterocycles. The third kappa shape index (κ3) is 38.0. The number of allylic oxidation sites excluding steroid dienone is 12. The van der Waals surface area contributed by atoms with E-state index in [1.165, 1.54) is 70.6 Å². The average Bonchev–Trinajstić information content (AvgIpc) is 3.18. The lowest BCUT2D eigenvalue weighted by molar-refractivity contribution is -0.151. The van der Waals surface area contributed by atoms with Crippen molar-refractivity contribution in [3.8, 4) is 0 Å². The van der Waals surface area contributed by atoms with Gasteiger partial charge in [0, 0.05) is 6.42 Å². The lowest BCUT2D eigenvalue weighted by Gasteiger charge is -2.24. The number of esters is 1. The van der Waals surface area contributed by atoms with Gasteiger partial charge in [-0.3, -0.25) is 9.59 Å². The summed E-state index contributed by atoms with van der Waals surface area (Å²) in [6.45, 7) is 6.27. The molecule has 0 aromatic carbocycles. The molecule has 0 aromatic heterocycles. The van der Waals surface area contributed by atoms with Crippen LogP contribution in [0.2, 0.25) is 0 Å². The maximum Gasteiger partial charge on any atom is 0.306 e. The van der Waals surface area contributed by atoms with Crippen LogP contribution in [0.3, 0.4) is 0 Å². The van der Waals surface area contributed by atoms with Crippen LogP contribution in [0.1, 0.15) is 201 Å². The molecule has 6 nitrogen and oxygen atoms in total. The molecule has 6 heteroatoms. The number of nitrogens with one attached hydrogen (secondary N) is 1. The van der Waals surface area contributed by atoms with Gasteiger partial charge in [-0.05, 0) is 70.6 Å². The first-order chi connectivity index (χ1) is 27.0. The second kappa shape index (κ2) is 42.4. The molecule has 0 spiro atoms. The summed E-state index contributed by atoms with van der Waals surface area (Å²) in [5.41, 5.74) is 0. The molecule has 0 saturated carbocycles. The Balaban J connectivity index is 4.68. The predicted molar refractivity (Wildman–Crippen MR) is 236 cm³/mol. The van der Waals surface area contributed by atoms with Crippen molar-refractivity contribution in [2.75, 3.05) is 6.61 Å². The summed E-state index contributed by atoms with van der Waals surface area (Å²) < 4.78 is 5.87. The van der Waals surface area contributed by atoms with Crippen LogP contribution in [0.25, 0.3) is 0 Å². The molecular formula is C49H85NO5. The smallest absolute Gasteiger partial charge is 0.306 e. The van der Waals surface area contributed by atoms with Gasteiger partial charge >= 0.3 is 5.97 Å². The minimum absolute atomic E-state index is 0.0461. The van der Waals surface area contributed by atoms with Crippen molar-refractivity contribution >= 4 is 11.9 Å². The summed E-state index contributed by atoms with van der Waals surface area (Å²) in [6, 6.07) is -0.716. The number of aliphatic hydroxyl groups excluding tert-OH is 2. The Hall–Kier alpha value is -2.70. The molecule has 3 atom stereocenters. The number of unbranched alkanes of at least 4 members (excludes halogenated alkanes) is 19. The number of carbonyl (C=O) groups excluding carboxylic acids is 2. The number of hydrogen-bond donors (Lipinski definition) is 3. The van der Waals surface area contributed by atoms with E-state index < -0.39 is 18.2 Å². The molecule has 3 unspecified atom stereocenters. The number of carbonyl (C=O) groups is 2. The van der Waals surface area contributed by atoms with Crippen LogP contribution < -0.4 is 5.32 Å². The molecule has 0 aliphatic carbocycles. The van der Waals surface area contributed by atoms with Gasteiger partial charge in [-0.15, -0.1) is 0 Å². The molecule has 0 radical (unpaired) electrons. The predicted octanol–water partition coefficient (Wildman–Crippen LogP) is 13.1. The first-order valence-corrected chi connectivity index (χ1v) is 22.7. The van der Waals surface area contributed by atoms with Crippen molar-refractivity contribution in [1.29, 1.82) is 0 Å². The van der Waals surface area contributed by atoms with Crippen LogP contribution in [-0.2, 0) is 14.3 Å². The Kier molecular flexibility index (Phi) is 40.4. The lowest BCUT2D eigenvalue weighted by Crippen LogP contribution is -2.46. The minimum Gasteiger partial charge on any atom is -0.462 e. The van der Waals surface area contributed by atoms with Gasteiger partial charge in [-0.25, -0.2) is 0 Å². The van der Waals surface area contributed by atoms with E-state index in [-0.39, 0.29) is 24.9 Å². The van der Waals surface area contributed by atoms with E-state index >= 15 is 0 Å². The molecule has 0 saturated heterocycles. The van der Waals surface area contributed by atoms with E-state index in [1.54, 1.807) is 0 Å². The molecule has 0 aliphatic heterocycles. The van der Waals surface area contributed by atoms with E-state index in [4.69, 9.17) is 4.74 Å². The summed E-state index contributed by atoms with van der Waals surface area (Å²) in [7, 11) is 0. The molecule has 1 amide bonds. The van der Waals surface area contributed by atoms with Crippen LogP contribution in [0.15, 0.2) is 72.9 Å². The normalized spacial score (nSPS) is 14.1. The summed E-state index contributed by atoms with van der Waals surface area (Å²) in [4.78, 5) is 25.9. The van der Waals surface area contributed by atoms with Gasteiger partial charge in [-0.2, -0.15) is 0 Å². The van der Waals surface area contributed by atoms with E-state index in [0.717, 1.165) is 83.5 Å². The van der Waals surface area contributed by atoms with E-state index in [1.807, 2.05) is 42.5 Å². The summed E-state index contributed by atoms with van der Waals surface area (Å²) in [6.07, 6.45) is 52.4. The summed E-state index contributed by atoms with van der Waals surface area (Å²) >= 11 is 0. The summed E-state index contributed by atoms with van der Waals surface area (Å²) in [5, 5.41) is 23.6. The molecule has 0 rings (SSSR count). The van der Waals surface area contributed by atoms with Crippen LogP contribution in [0, 0.1) is 0 Å². The fourth-order valence-electron chi connectivity index (χ4n) is 6.44. The van der Waals surface area contributed by atoms with E-state index in [9.17, 15) is 19.8 Å². The monoisotopic (exact) mass is 768 g/mol. The minimum atomic E-state index is -0.799. The highest BCUT2D eigenvalue weighted by Crippen LogP contribution is 2.17. The van der Waals surface area contributed by atoms with Crippen molar-refractivity contribution in [2.45, 2.75) is 219 Å². The van der Waals surface area contributed by atoms with Gasteiger partial charge in [-0.1, -0.05) is 190 Å². The summed E-state index contributed by atoms with van der Waals surface area (Å²) in [5.74, 6) is -0.547. The van der Waals surface area contributed by atoms with Crippen LogP contribution in [0.4, 0.5) is 0 Å². The average molecular weight is 768 g/mol. The first-order valence-electron chi connectivity index (χ1n) is 22.7. The Morgan fingerprint density at radius 3 is 1.58 bits per heavy atom. The standard InChI is InChI=1S/C49H85NO5/c1-4-7-10-13-16-19-22-23-24-25-27-30-33-36-39-42-49(54)55-45(40-37-34-31-28-21-18-15-12-9-6-3)43-48(53)50-46(44-51)47(52)41-38-35-32-29-26-20-17-14-11-8-5-2/h7,10,13,16,18-19,21-25,27,45-47,51-52H,4-6,8-9,11-12,14-15,17,20,26,28-44H2,1-3H3,(H,50,53)/b10-7+,16-13+,21-18-,22-19-,24-23-,27-25+. The SMILES string of the molecule is CC/C=C/C=C/C=C\C=C/C=C/CCCCCC(=O)OC(CCCCC/C=C\CCCCC)CC(=O)NC(CO)C(O)CCCCCCCCCCCCC. The zero-order valence-electron chi connectivity index (χ0n) is 35.8. The maximum atomic E-state index is 13.1. The lowest BCUT2D eigenvalue weighted by atomic mass is 10.0. The van der Waals surface area contributed by atoms with E-state index in [0.29, 0.717) is 19.3 Å². The zero-order valence-corrected chi connectivity index (χ0v) is 35.8. The molecule has 316 valence electrons. The molecule has 0 aromatic rings. The van der Waals surface area contributed by atoms with Gasteiger partial charge < -0.3 is 20.3 Å². The molecular weight excluding hydrogens is 683 g/mol. The Bertz CT molecular complexity index is 1040. The van der Waals surface area contributed by atoms with Gasteiger partial charge in [0.2, 0.25) is 5.91 Å². The number of amides is 1. The molecule has 0 bridgehead atoms. The van der Waals surface area contributed by atoms with E-state index in [2.05, 4.69) is 56.5 Å². The zero-order chi connectivity index (χ0) is 40.3. The molecule has 3 N–H and O–H groups in total. The Morgan fingerprint density at radius 1 is 0.545 bits per heavy atom. The van der Waals surface area contributed by atoms with Crippen molar-refractivity contribution in [3.05, 3.63) is 72.9 Å². The third-order valence-electron chi connectivity index (χ3n) is 9.90. The first kappa shape index (κ1) is 52.3. The van der Waals surface area contributed by atoms with Crippen molar-refractivity contribution in [3.63, 3.8) is 0 Å². The number of ether oxygens (including phenoxy) is 1. The van der Waals surface area contributed by atoms with Gasteiger partial charge in [0.25, 0.3) is 0 Å². The highest BCUT2D eigenvalue weighted by molar-refractivity contribution is 5.77. The second-order valence-corrected chi connectivity index (χ2v) is 15.2. The topological polar surface area (TPSA) is 95.9 Å². The second-order valence-electron chi connectivity index (χ2n) is 15.2. The Labute approximate surface area is 339 Å². The van der Waals surface area contributed by atoms with Gasteiger partial charge in [0.15, 0.2) is 0 Å². The molecule has 55 heavy (non-hydrogen) atoms. The van der Waals surface area contributed by atoms with Gasteiger partial charge in [0.05, 0.1) is 25.2 Å². The van der Waals surface area contributed by atoms with Crippen LogP contribution in [0.5, 0.6) is 0 Å². The molecule has 0 aliphatic rings. The maximum absolute atomic E-state index is 13.1. The van der Waals surface area contributed by atoms with Crippen molar-refractivity contribution < 1.29 is 24.5 Å². The largest absolute Gasteiger partial charge is 0.462 e. The van der Waals surface area contributed by atoms with Crippen LogP contribution >= 0.6 is 0 Å². The highest BCUT2D eigenvalue weighted by atomic mass is 16.5. The third-order valence-corrected chi connectivity index (χ3v) is 9.90. The number of rotatable bonds is 39. The molecule has 0 fully saturated rings. The fraction of sp³-hybridized carbons (Fsp3) is 0.714. The number of hydrogen-bond acceptors (Lipinski definition) is 5. The quantitative estimate of drug-likeness (QED) is 0.0250. The van der Waals surface area contributed by atoms with Crippen LogP contribution in [-0.4, -0.2) is 46.9 Å². The highest BCUT2D eigenvalue weighted by Gasteiger charge is 2.24. The fourth-order valence-corrected chi connectivity index (χ4v) is 6.44.